The predicted molar refractivity (Wildman–Crippen MR) is 79.5 cm³/mol. The first-order valence-corrected chi connectivity index (χ1v) is 6.54. The van der Waals surface area contributed by atoms with Gasteiger partial charge in [0.1, 0.15) is 0 Å². The molecule has 0 aliphatic heterocycles. The summed E-state index contributed by atoms with van der Waals surface area (Å²) in [5, 5.41) is 3.25. The Kier molecular flexibility index (Phi) is 4.40. The molecule has 0 aliphatic rings. The molecular weight excluding hydrogens is 277 g/mol. The van der Waals surface area contributed by atoms with Crippen molar-refractivity contribution < 1.29 is 13.2 Å². The number of nitrogens with zero attached hydrogens (tertiary/aromatic N) is 1. The van der Waals surface area contributed by atoms with Crippen molar-refractivity contribution in [2.75, 3.05) is 24.3 Å². The maximum atomic E-state index is 12.5. The molecule has 5 heteroatoms. The van der Waals surface area contributed by atoms with Crippen molar-refractivity contribution in [2.24, 2.45) is 0 Å². The van der Waals surface area contributed by atoms with Crippen molar-refractivity contribution in [1.29, 1.82) is 0 Å². The summed E-state index contributed by atoms with van der Waals surface area (Å²) in [4.78, 5) is 1.98. The number of alkyl halides is 3. The second-order valence-electron chi connectivity index (χ2n) is 4.96. The Labute approximate surface area is 122 Å². The molecule has 2 aromatic rings. The first kappa shape index (κ1) is 15.2. The molecule has 0 aromatic heterocycles. The summed E-state index contributed by atoms with van der Waals surface area (Å²) in [6.45, 7) is 0.475. The summed E-state index contributed by atoms with van der Waals surface area (Å²) < 4.78 is 37.5. The van der Waals surface area contributed by atoms with E-state index >= 15 is 0 Å². The Morgan fingerprint density at radius 1 is 0.952 bits per heavy atom. The van der Waals surface area contributed by atoms with Crippen LogP contribution in [-0.4, -0.2) is 14.1 Å². The van der Waals surface area contributed by atoms with E-state index in [9.17, 15) is 13.2 Å². The molecule has 2 rings (SSSR count). The van der Waals surface area contributed by atoms with Crippen LogP contribution < -0.4 is 10.2 Å². The predicted octanol–water partition coefficient (Wildman–Crippen LogP) is 4.38. The van der Waals surface area contributed by atoms with E-state index in [1.807, 2.05) is 43.3 Å². The average molecular weight is 294 g/mol. The molecule has 2 nitrogen and oxygen atoms in total. The number of rotatable bonds is 4. The quantitative estimate of drug-likeness (QED) is 0.900. The molecule has 0 spiro atoms. The lowest BCUT2D eigenvalue weighted by molar-refractivity contribution is -0.137. The standard InChI is InChI=1S/C16H17F3N2/c1-21(2)15-6-4-3-5-14(15)20-11-12-7-9-13(10-8-12)16(17,18)19/h3-10,20H,11H2,1-2H3. The molecule has 0 aliphatic carbocycles. The Hall–Kier alpha value is -2.17. The van der Waals surface area contributed by atoms with Gasteiger partial charge in [0.2, 0.25) is 0 Å². The van der Waals surface area contributed by atoms with E-state index in [0.717, 1.165) is 29.1 Å². The normalized spacial score (nSPS) is 11.3. The first-order chi connectivity index (χ1) is 9.88. The Balaban J connectivity index is 2.07. The number of anilines is 2. The number of hydrogen-bond acceptors (Lipinski definition) is 2. The van der Waals surface area contributed by atoms with E-state index in [4.69, 9.17) is 0 Å². The van der Waals surface area contributed by atoms with Crippen LogP contribution in [0.15, 0.2) is 48.5 Å². The summed E-state index contributed by atoms with van der Waals surface area (Å²) in [6.07, 6.45) is -4.29. The third kappa shape index (κ3) is 3.90. The zero-order valence-corrected chi connectivity index (χ0v) is 11.9. The van der Waals surface area contributed by atoms with Crippen molar-refractivity contribution in [2.45, 2.75) is 12.7 Å². The summed E-state index contributed by atoms with van der Waals surface area (Å²) in [5.41, 5.74) is 2.16. The van der Waals surface area contributed by atoms with Crippen LogP contribution in [0.4, 0.5) is 24.5 Å². The molecule has 0 fully saturated rings. The molecule has 1 N–H and O–H groups in total. The molecule has 112 valence electrons. The van der Waals surface area contributed by atoms with Gasteiger partial charge in [-0.3, -0.25) is 0 Å². The molecule has 0 bridgehead atoms. The number of para-hydroxylation sites is 2. The van der Waals surface area contributed by atoms with Gasteiger partial charge in [0.25, 0.3) is 0 Å². The van der Waals surface area contributed by atoms with Gasteiger partial charge in [-0.1, -0.05) is 24.3 Å². The highest BCUT2D eigenvalue weighted by Gasteiger charge is 2.29. The number of benzene rings is 2. The van der Waals surface area contributed by atoms with E-state index < -0.39 is 11.7 Å². The van der Waals surface area contributed by atoms with Crippen molar-refractivity contribution in [3.8, 4) is 0 Å². The van der Waals surface area contributed by atoms with Gasteiger partial charge in [-0.2, -0.15) is 13.2 Å². The fourth-order valence-electron chi connectivity index (χ4n) is 2.02. The average Bonchev–Trinajstić information content (AvgIpc) is 2.45. The van der Waals surface area contributed by atoms with Gasteiger partial charge in [-0.15, -0.1) is 0 Å². The van der Waals surface area contributed by atoms with E-state index in [1.165, 1.54) is 12.1 Å². The summed E-state index contributed by atoms with van der Waals surface area (Å²) >= 11 is 0. The smallest absolute Gasteiger partial charge is 0.379 e. The summed E-state index contributed by atoms with van der Waals surface area (Å²) in [5.74, 6) is 0. The third-order valence-corrected chi connectivity index (χ3v) is 3.15. The molecule has 0 atom stereocenters. The zero-order valence-electron chi connectivity index (χ0n) is 11.9. The minimum absolute atomic E-state index is 0.475. The number of nitrogens with one attached hydrogen (secondary N) is 1. The van der Waals surface area contributed by atoms with Crippen LogP contribution in [0.2, 0.25) is 0 Å². The molecular formula is C16H17F3N2. The largest absolute Gasteiger partial charge is 0.416 e. The molecule has 21 heavy (non-hydrogen) atoms. The van der Waals surface area contributed by atoms with Gasteiger partial charge >= 0.3 is 6.18 Å². The lowest BCUT2D eigenvalue weighted by atomic mass is 10.1. The van der Waals surface area contributed by atoms with Crippen LogP contribution in [0.3, 0.4) is 0 Å². The number of hydrogen-bond donors (Lipinski definition) is 1. The highest BCUT2D eigenvalue weighted by Crippen LogP contribution is 2.29. The molecule has 0 amide bonds. The Bertz CT molecular complexity index is 589. The van der Waals surface area contributed by atoms with E-state index in [1.54, 1.807) is 0 Å². The molecule has 0 saturated carbocycles. The van der Waals surface area contributed by atoms with E-state index in [2.05, 4.69) is 5.32 Å². The van der Waals surface area contributed by atoms with Crippen LogP contribution in [0.1, 0.15) is 11.1 Å². The zero-order chi connectivity index (χ0) is 15.5. The molecule has 0 heterocycles. The van der Waals surface area contributed by atoms with Gasteiger partial charge in [-0.25, -0.2) is 0 Å². The Morgan fingerprint density at radius 3 is 2.14 bits per heavy atom. The lowest BCUT2D eigenvalue weighted by Gasteiger charge is -2.18. The molecule has 0 unspecified atom stereocenters. The fourth-order valence-corrected chi connectivity index (χ4v) is 2.02. The first-order valence-electron chi connectivity index (χ1n) is 6.54. The summed E-state index contributed by atoms with van der Waals surface area (Å²) in [6, 6.07) is 13.0. The second-order valence-corrected chi connectivity index (χ2v) is 4.96. The van der Waals surface area contributed by atoms with E-state index in [-0.39, 0.29) is 0 Å². The minimum atomic E-state index is -4.29. The lowest BCUT2D eigenvalue weighted by Crippen LogP contribution is -2.12. The van der Waals surface area contributed by atoms with Crippen molar-refractivity contribution in [3.05, 3.63) is 59.7 Å². The maximum Gasteiger partial charge on any atom is 0.416 e. The van der Waals surface area contributed by atoms with Gasteiger partial charge in [-0.05, 0) is 29.8 Å². The van der Waals surface area contributed by atoms with Crippen molar-refractivity contribution in [1.82, 2.24) is 0 Å². The highest BCUT2D eigenvalue weighted by molar-refractivity contribution is 5.69. The minimum Gasteiger partial charge on any atom is -0.379 e. The fraction of sp³-hybridized carbons (Fsp3) is 0.250. The third-order valence-electron chi connectivity index (χ3n) is 3.15. The van der Waals surface area contributed by atoms with Gasteiger partial charge in [0.15, 0.2) is 0 Å². The molecule has 2 aromatic carbocycles. The van der Waals surface area contributed by atoms with Crippen molar-refractivity contribution >= 4 is 11.4 Å². The number of halogens is 3. The van der Waals surface area contributed by atoms with Crippen LogP contribution in [-0.2, 0) is 12.7 Å². The van der Waals surface area contributed by atoms with Crippen LogP contribution in [0, 0.1) is 0 Å². The van der Waals surface area contributed by atoms with Crippen LogP contribution >= 0.6 is 0 Å². The highest BCUT2D eigenvalue weighted by atomic mass is 19.4. The topological polar surface area (TPSA) is 15.3 Å². The Morgan fingerprint density at radius 2 is 1.57 bits per heavy atom. The SMILES string of the molecule is CN(C)c1ccccc1NCc1ccc(C(F)(F)F)cc1. The monoisotopic (exact) mass is 294 g/mol. The van der Waals surface area contributed by atoms with Gasteiger partial charge < -0.3 is 10.2 Å². The second kappa shape index (κ2) is 6.08. The van der Waals surface area contributed by atoms with Crippen molar-refractivity contribution in [3.63, 3.8) is 0 Å². The summed E-state index contributed by atoms with van der Waals surface area (Å²) in [7, 11) is 3.89. The van der Waals surface area contributed by atoms with Gasteiger partial charge in [0.05, 0.1) is 16.9 Å². The van der Waals surface area contributed by atoms with E-state index in [0.29, 0.717) is 6.54 Å². The van der Waals surface area contributed by atoms with Crippen LogP contribution in [0.5, 0.6) is 0 Å². The molecule has 0 saturated heterocycles. The maximum absolute atomic E-state index is 12.5. The van der Waals surface area contributed by atoms with Crippen LogP contribution in [0.25, 0.3) is 0 Å². The van der Waals surface area contributed by atoms with Gasteiger partial charge in [0, 0.05) is 20.6 Å². The molecule has 0 radical (unpaired) electrons.